The lowest BCUT2D eigenvalue weighted by molar-refractivity contribution is 0.518. The summed E-state index contributed by atoms with van der Waals surface area (Å²) >= 11 is 2.10. The van der Waals surface area contributed by atoms with Crippen LogP contribution in [0, 0.1) is 5.92 Å². The lowest BCUT2D eigenvalue weighted by Gasteiger charge is -2.10. The maximum absolute atomic E-state index is 2.35. The predicted molar refractivity (Wildman–Crippen MR) is 40.3 cm³/mol. The molecule has 0 amide bonds. The van der Waals surface area contributed by atoms with Crippen molar-refractivity contribution in [2.75, 3.05) is 0 Å². The highest BCUT2D eigenvalue weighted by Crippen LogP contribution is 2.57. The first-order valence-electron chi connectivity index (χ1n) is 3.25. The SMILES string of the molecule is CC(C)C1(C)SC1C. The van der Waals surface area contributed by atoms with Gasteiger partial charge in [-0.3, -0.25) is 0 Å². The predicted octanol–water partition coefficient (Wildman–Crippen LogP) is 2.54. The largest absolute Gasteiger partial charge is 0.149 e. The zero-order chi connectivity index (χ0) is 6.36. The van der Waals surface area contributed by atoms with Gasteiger partial charge < -0.3 is 0 Å². The lowest BCUT2D eigenvalue weighted by Crippen LogP contribution is -2.14. The minimum Gasteiger partial charge on any atom is -0.149 e. The summed E-state index contributed by atoms with van der Waals surface area (Å²) in [6, 6.07) is 0. The van der Waals surface area contributed by atoms with Gasteiger partial charge in [-0.25, -0.2) is 0 Å². The van der Waals surface area contributed by atoms with Crippen molar-refractivity contribution in [1.82, 2.24) is 0 Å². The van der Waals surface area contributed by atoms with Crippen LogP contribution in [0.25, 0.3) is 0 Å². The van der Waals surface area contributed by atoms with Gasteiger partial charge in [0.2, 0.25) is 0 Å². The highest BCUT2D eigenvalue weighted by molar-refractivity contribution is 8.08. The van der Waals surface area contributed by atoms with Gasteiger partial charge in [0.05, 0.1) is 0 Å². The maximum Gasteiger partial charge on any atom is 0.0274 e. The Kier molecular flexibility index (Phi) is 1.34. The molecule has 0 aromatic carbocycles. The minimum atomic E-state index is 0.625. The van der Waals surface area contributed by atoms with Gasteiger partial charge in [0, 0.05) is 10.00 Å². The van der Waals surface area contributed by atoms with E-state index in [9.17, 15) is 0 Å². The van der Waals surface area contributed by atoms with E-state index in [1.807, 2.05) is 0 Å². The van der Waals surface area contributed by atoms with Crippen molar-refractivity contribution in [3.63, 3.8) is 0 Å². The monoisotopic (exact) mass is 130 g/mol. The van der Waals surface area contributed by atoms with Gasteiger partial charge in [-0.2, -0.15) is 0 Å². The number of hydrogen-bond acceptors (Lipinski definition) is 1. The molecule has 0 nitrogen and oxygen atoms in total. The smallest absolute Gasteiger partial charge is 0.0274 e. The third-order valence-corrected chi connectivity index (χ3v) is 4.25. The molecule has 1 heterocycles. The first kappa shape index (κ1) is 6.47. The molecule has 2 unspecified atom stereocenters. The van der Waals surface area contributed by atoms with Crippen molar-refractivity contribution >= 4 is 11.8 Å². The van der Waals surface area contributed by atoms with Gasteiger partial charge in [0.15, 0.2) is 0 Å². The molecule has 48 valence electrons. The van der Waals surface area contributed by atoms with Gasteiger partial charge >= 0.3 is 0 Å². The van der Waals surface area contributed by atoms with Gasteiger partial charge in [-0.15, -0.1) is 11.8 Å². The molecule has 2 atom stereocenters. The summed E-state index contributed by atoms with van der Waals surface area (Å²) in [4.78, 5) is 0. The minimum absolute atomic E-state index is 0.625. The number of rotatable bonds is 1. The Morgan fingerprint density at radius 1 is 1.50 bits per heavy atom. The van der Waals surface area contributed by atoms with E-state index in [1.165, 1.54) is 0 Å². The van der Waals surface area contributed by atoms with Gasteiger partial charge in [0.25, 0.3) is 0 Å². The Hall–Kier alpha value is 0.350. The summed E-state index contributed by atoms with van der Waals surface area (Å²) in [5.41, 5.74) is 0. The van der Waals surface area contributed by atoms with Crippen LogP contribution >= 0.6 is 11.8 Å². The highest BCUT2D eigenvalue weighted by atomic mass is 32.2. The van der Waals surface area contributed by atoms with E-state index in [1.54, 1.807) is 0 Å². The summed E-state index contributed by atoms with van der Waals surface area (Å²) in [5.74, 6) is 0.850. The Bertz CT molecular complexity index is 98.6. The second-order valence-corrected chi connectivity index (χ2v) is 4.92. The Balaban J connectivity index is 2.47. The van der Waals surface area contributed by atoms with Crippen LogP contribution in [0.2, 0.25) is 0 Å². The van der Waals surface area contributed by atoms with Crippen LogP contribution in [0.3, 0.4) is 0 Å². The molecule has 0 aliphatic carbocycles. The van der Waals surface area contributed by atoms with Crippen LogP contribution in [0.15, 0.2) is 0 Å². The lowest BCUT2D eigenvalue weighted by atomic mass is 9.96. The summed E-state index contributed by atoms with van der Waals surface area (Å²) in [6.07, 6.45) is 0. The van der Waals surface area contributed by atoms with Crippen LogP contribution in [-0.4, -0.2) is 10.00 Å². The molecule has 0 saturated carbocycles. The van der Waals surface area contributed by atoms with E-state index in [2.05, 4.69) is 39.5 Å². The van der Waals surface area contributed by atoms with Crippen LogP contribution in [-0.2, 0) is 0 Å². The van der Waals surface area contributed by atoms with Crippen LogP contribution in [0.1, 0.15) is 27.7 Å². The fourth-order valence-corrected chi connectivity index (χ4v) is 2.19. The summed E-state index contributed by atoms with van der Waals surface area (Å²) in [5, 5.41) is 0.905. The van der Waals surface area contributed by atoms with E-state index in [0.717, 1.165) is 11.2 Å². The normalized spacial score (nSPS) is 45.4. The fourth-order valence-electron chi connectivity index (χ4n) is 0.952. The Morgan fingerprint density at radius 2 is 1.88 bits per heavy atom. The average Bonchev–Trinajstić information content (AvgIpc) is 2.17. The standard InChI is InChI=1S/C7H14S/c1-5(2)7(4)6(3)8-7/h5-6H,1-4H3. The van der Waals surface area contributed by atoms with E-state index < -0.39 is 0 Å². The highest BCUT2D eigenvalue weighted by Gasteiger charge is 2.49. The van der Waals surface area contributed by atoms with Crippen molar-refractivity contribution in [2.45, 2.75) is 37.7 Å². The molecule has 1 heteroatoms. The fraction of sp³-hybridized carbons (Fsp3) is 1.00. The third-order valence-electron chi connectivity index (χ3n) is 2.33. The van der Waals surface area contributed by atoms with Crippen LogP contribution < -0.4 is 0 Å². The summed E-state index contributed by atoms with van der Waals surface area (Å²) < 4.78 is 0.625. The molecule has 1 rings (SSSR count). The quantitative estimate of drug-likeness (QED) is 0.491. The molecule has 1 aliphatic heterocycles. The van der Waals surface area contributed by atoms with Crippen molar-refractivity contribution < 1.29 is 0 Å². The Morgan fingerprint density at radius 3 is 1.88 bits per heavy atom. The first-order chi connectivity index (χ1) is 3.57. The van der Waals surface area contributed by atoms with E-state index in [4.69, 9.17) is 0 Å². The molecule has 0 spiro atoms. The summed E-state index contributed by atoms with van der Waals surface area (Å²) in [7, 11) is 0. The average molecular weight is 130 g/mol. The van der Waals surface area contributed by atoms with Crippen molar-refractivity contribution in [3.05, 3.63) is 0 Å². The molecular weight excluding hydrogens is 116 g/mol. The number of hydrogen-bond donors (Lipinski definition) is 0. The second kappa shape index (κ2) is 1.66. The molecule has 0 radical (unpaired) electrons. The summed E-state index contributed by atoms with van der Waals surface area (Å²) in [6.45, 7) is 9.27. The molecule has 1 fully saturated rings. The van der Waals surface area contributed by atoms with Crippen LogP contribution in [0.5, 0.6) is 0 Å². The van der Waals surface area contributed by atoms with E-state index in [0.29, 0.717) is 4.75 Å². The second-order valence-electron chi connectivity index (χ2n) is 3.10. The molecule has 0 aromatic rings. The third kappa shape index (κ3) is 0.771. The molecule has 0 aromatic heterocycles. The molecule has 1 saturated heterocycles. The Labute approximate surface area is 56.0 Å². The molecule has 0 bridgehead atoms. The van der Waals surface area contributed by atoms with Gasteiger partial charge in [0.1, 0.15) is 0 Å². The van der Waals surface area contributed by atoms with E-state index in [-0.39, 0.29) is 0 Å². The van der Waals surface area contributed by atoms with Gasteiger partial charge in [-0.05, 0) is 12.8 Å². The maximum atomic E-state index is 2.35. The van der Waals surface area contributed by atoms with Gasteiger partial charge in [-0.1, -0.05) is 20.8 Å². The first-order valence-corrected chi connectivity index (χ1v) is 4.13. The zero-order valence-corrected chi connectivity index (χ0v) is 6.88. The molecule has 8 heavy (non-hydrogen) atoms. The topological polar surface area (TPSA) is 0 Å². The molecule has 1 aliphatic rings. The van der Waals surface area contributed by atoms with Crippen molar-refractivity contribution in [2.24, 2.45) is 5.92 Å². The zero-order valence-electron chi connectivity index (χ0n) is 6.06. The van der Waals surface area contributed by atoms with Crippen molar-refractivity contribution in [3.8, 4) is 0 Å². The van der Waals surface area contributed by atoms with Crippen LogP contribution in [0.4, 0.5) is 0 Å². The van der Waals surface area contributed by atoms with Crippen molar-refractivity contribution in [1.29, 1.82) is 0 Å². The van der Waals surface area contributed by atoms with E-state index >= 15 is 0 Å². The number of thioether (sulfide) groups is 1. The molecular formula is C7H14S. The molecule has 0 N–H and O–H groups in total.